The van der Waals surface area contributed by atoms with Crippen LogP contribution >= 0.6 is 0 Å². The molecule has 1 N–H and O–H groups in total. The molecule has 2 aromatic carbocycles. The smallest absolute Gasteiger partial charge is 0.275 e. The van der Waals surface area contributed by atoms with Crippen LogP contribution in [-0.2, 0) is 11.3 Å². The van der Waals surface area contributed by atoms with Crippen molar-refractivity contribution in [2.45, 2.75) is 39.2 Å². The van der Waals surface area contributed by atoms with Gasteiger partial charge in [-0.2, -0.15) is 0 Å². The molecule has 0 saturated carbocycles. The summed E-state index contributed by atoms with van der Waals surface area (Å²) in [6, 6.07) is 19.5. The Hall–Kier alpha value is -3.34. The van der Waals surface area contributed by atoms with E-state index in [1.54, 1.807) is 4.57 Å². The molecule has 0 unspecified atom stereocenters. The Morgan fingerprint density at radius 3 is 2.34 bits per heavy atom. The summed E-state index contributed by atoms with van der Waals surface area (Å²) in [4.78, 5) is 25.2. The minimum atomic E-state index is -0.0385. The fourth-order valence-corrected chi connectivity index (χ4v) is 3.70. The number of amides is 1. The van der Waals surface area contributed by atoms with Gasteiger partial charge in [0.25, 0.3) is 5.56 Å². The summed E-state index contributed by atoms with van der Waals surface area (Å²) < 4.78 is 3.69. The second-order valence-corrected chi connectivity index (χ2v) is 7.64. The van der Waals surface area contributed by atoms with Crippen LogP contribution in [0.1, 0.15) is 38.2 Å². The molecule has 0 fully saturated rings. The van der Waals surface area contributed by atoms with Crippen LogP contribution in [0.25, 0.3) is 16.6 Å². The lowest BCUT2D eigenvalue weighted by Gasteiger charge is -2.13. The summed E-state index contributed by atoms with van der Waals surface area (Å²) in [5.74, 6) is 0.425. The number of para-hydroxylation sites is 2. The zero-order valence-corrected chi connectivity index (χ0v) is 16.8. The first-order chi connectivity index (χ1) is 14.0. The Bertz CT molecular complexity index is 1220. The van der Waals surface area contributed by atoms with E-state index in [-0.39, 0.29) is 11.5 Å². The van der Waals surface area contributed by atoms with Gasteiger partial charge in [0.05, 0.1) is 11.0 Å². The first-order valence-electron chi connectivity index (χ1n) is 10.0. The zero-order chi connectivity index (χ0) is 20.4. The minimum absolute atomic E-state index is 0.0293. The average molecular weight is 387 g/mol. The van der Waals surface area contributed by atoms with Gasteiger partial charge in [0, 0.05) is 24.8 Å². The standard InChI is InChI=1S/C24H25N3O2/c1-17(2)18-11-13-19(14-12-18)25-23(28)10-6-16-27-21-8-4-3-7-20(21)26-15-5-9-22(26)24(27)29/h3-5,7-9,11-15,17H,6,10,16H2,1-2H3,(H,25,28). The number of nitrogens with zero attached hydrogens (tertiary/aromatic N) is 2. The van der Waals surface area contributed by atoms with Gasteiger partial charge in [-0.25, -0.2) is 0 Å². The Labute approximate surface area is 169 Å². The first-order valence-corrected chi connectivity index (χ1v) is 10.0. The number of nitrogens with one attached hydrogen (secondary N) is 1. The third-order valence-electron chi connectivity index (χ3n) is 5.29. The fraction of sp³-hybridized carbons (Fsp3) is 0.250. The third-order valence-corrected chi connectivity index (χ3v) is 5.29. The highest BCUT2D eigenvalue weighted by atomic mass is 16.1. The summed E-state index contributed by atoms with van der Waals surface area (Å²) in [5, 5.41) is 2.94. The minimum Gasteiger partial charge on any atom is -0.326 e. The van der Waals surface area contributed by atoms with E-state index in [1.165, 1.54) is 5.56 Å². The van der Waals surface area contributed by atoms with Gasteiger partial charge in [-0.1, -0.05) is 38.1 Å². The molecule has 0 atom stereocenters. The van der Waals surface area contributed by atoms with E-state index >= 15 is 0 Å². The number of aromatic nitrogens is 2. The van der Waals surface area contributed by atoms with Crippen LogP contribution in [0.5, 0.6) is 0 Å². The molecular weight excluding hydrogens is 362 g/mol. The van der Waals surface area contributed by atoms with Crippen molar-refractivity contribution in [2.75, 3.05) is 5.32 Å². The van der Waals surface area contributed by atoms with Gasteiger partial charge in [0.15, 0.2) is 0 Å². The SMILES string of the molecule is CC(C)c1ccc(NC(=O)CCCn2c(=O)c3cccn3c3ccccc32)cc1. The molecule has 2 heterocycles. The van der Waals surface area contributed by atoms with E-state index < -0.39 is 0 Å². The molecule has 5 heteroatoms. The molecular formula is C24H25N3O2. The molecule has 0 spiro atoms. The molecule has 29 heavy (non-hydrogen) atoms. The number of fused-ring (bicyclic) bond motifs is 3. The molecule has 1 amide bonds. The molecule has 0 aliphatic rings. The highest BCUT2D eigenvalue weighted by Gasteiger charge is 2.11. The van der Waals surface area contributed by atoms with Gasteiger partial charge in [0.1, 0.15) is 5.52 Å². The number of carbonyl (C=O) groups excluding carboxylic acids is 1. The zero-order valence-electron chi connectivity index (χ0n) is 16.8. The molecule has 0 aliphatic carbocycles. The van der Waals surface area contributed by atoms with Crippen LogP contribution in [0.3, 0.4) is 0 Å². The van der Waals surface area contributed by atoms with Gasteiger partial charge >= 0.3 is 0 Å². The highest BCUT2D eigenvalue weighted by Crippen LogP contribution is 2.18. The van der Waals surface area contributed by atoms with Crippen molar-refractivity contribution < 1.29 is 4.79 Å². The van der Waals surface area contributed by atoms with Crippen LogP contribution in [0, 0.1) is 0 Å². The predicted octanol–water partition coefficient (Wildman–Crippen LogP) is 4.80. The maximum atomic E-state index is 12.9. The predicted molar refractivity (Wildman–Crippen MR) is 118 cm³/mol. The molecule has 5 nitrogen and oxygen atoms in total. The van der Waals surface area contributed by atoms with Crippen LogP contribution in [0.15, 0.2) is 71.7 Å². The van der Waals surface area contributed by atoms with Gasteiger partial charge in [-0.15, -0.1) is 0 Å². The lowest BCUT2D eigenvalue weighted by Crippen LogP contribution is -2.23. The molecule has 4 aromatic rings. The number of benzene rings is 2. The number of rotatable bonds is 6. The van der Waals surface area contributed by atoms with Crippen molar-refractivity contribution >= 4 is 28.1 Å². The maximum Gasteiger partial charge on any atom is 0.275 e. The molecule has 4 rings (SSSR count). The molecule has 148 valence electrons. The third kappa shape index (κ3) is 3.81. The summed E-state index contributed by atoms with van der Waals surface area (Å²) >= 11 is 0. The van der Waals surface area contributed by atoms with Gasteiger partial charge in [-0.05, 0) is 54.3 Å². The Morgan fingerprint density at radius 1 is 0.931 bits per heavy atom. The second-order valence-electron chi connectivity index (χ2n) is 7.64. The number of anilines is 1. The van der Waals surface area contributed by atoms with E-state index in [2.05, 4.69) is 19.2 Å². The van der Waals surface area contributed by atoms with Crippen molar-refractivity contribution in [3.05, 3.63) is 82.8 Å². The normalized spacial score (nSPS) is 11.4. The van der Waals surface area contributed by atoms with Crippen molar-refractivity contribution in [2.24, 2.45) is 0 Å². The Morgan fingerprint density at radius 2 is 1.62 bits per heavy atom. The number of hydrogen-bond donors (Lipinski definition) is 1. The number of carbonyl (C=O) groups is 1. The van der Waals surface area contributed by atoms with Crippen molar-refractivity contribution in [1.82, 2.24) is 8.97 Å². The van der Waals surface area contributed by atoms with Crippen LogP contribution < -0.4 is 10.9 Å². The van der Waals surface area contributed by atoms with Crippen molar-refractivity contribution in [3.63, 3.8) is 0 Å². The van der Waals surface area contributed by atoms with Gasteiger partial charge in [0.2, 0.25) is 5.91 Å². The quantitative estimate of drug-likeness (QED) is 0.517. The van der Waals surface area contributed by atoms with E-state index in [4.69, 9.17) is 0 Å². The molecule has 2 aromatic heterocycles. The van der Waals surface area contributed by atoms with E-state index in [9.17, 15) is 9.59 Å². The van der Waals surface area contributed by atoms with Crippen LogP contribution in [0.4, 0.5) is 5.69 Å². The lowest BCUT2D eigenvalue weighted by atomic mass is 10.0. The summed E-state index contributed by atoms with van der Waals surface area (Å²) in [6.45, 7) is 4.79. The summed E-state index contributed by atoms with van der Waals surface area (Å²) in [5.41, 5.74) is 4.54. The largest absolute Gasteiger partial charge is 0.326 e. The van der Waals surface area contributed by atoms with E-state index in [0.29, 0.717) is 30.8 Å². The lowest BCUT2D eigenvalue weighted by molar-refractivity contribution is -0.116. The maximum absolute atomic E-state index is 12.9. The van der Waals surface area contributed by atoms with Crippen molar-refractivity contribution in [3.8, 4) is 0 Å². The Balaban J connectivity index is 1.46. The second kappa shape index (κ2) is 7.95. The first kappa shape index (κ1) is 19.0. The van der Waals surface area contributed by atoms with Crippen LogP contribution in [0.2, 0.25) is 0 Å². The summed E-state index contributed by atoms with van der Waals surface area (Å²) in [7, 11) is 0. The van der Waals surface area contributed by atoms with Crippen LogP contribution in [-0.4, -0.2) is 14.9 Å². The number of aryl methyl sites for hydroxylation is 1. The Kier molecular flexibility index (Phi) is 5.21. The summed E-state index contributed by atoms with van der Waals surface area (Å²) in [6.07, 6.45) is 2.86. The molecule has 0 saturated heterocycles. The van der Waals surface area contributed by atoms with Gasteiger partial charge in [-0.3, -0.25) is 9.59 Å². The van der Waals surface area contributed by atoms with E-state index in [0.717, 1.165) is 16.7 Å². The molecule has 0 radical (unpaired) electrons. The molecule has 0 aliphatic heterocycles. The fourth-order valence-electron chi connectivity index (χ4n) is 3.70. The number of hydrogen-bond acceptors (Lipinski definition) is 2. The topological polar surface area (TPSA) is 55.5 Å². The monoisotopic (exact) mass is 387 g/mol. The van der Waals surface area contributed by atoms with E-state index in [1.807, 2.05) is 71.3 Å². The van der Waals surface area contributed by atoms with Crippen molar-refractivity contribution in [1.29, 1.82) is 0 Å². The van der Waals surface area contributed by atoms with Gasteiger partial charge < -0.3 is 14.3 Å². The average Bonchev–Trinajstić information content (AvgIpc) is 3.21. The molecule has 0 bridgehead atoms. The highest BCUT2D eigenvalue weighted by molar-refractivity contribution is 5.90.